The van der Waals surface area contributed by atoms with Crippen LogP contribution >= 0.6 is 0 Å². The zero-order valence-electron chi connectivity index (χ0n) is 19.5. The van der Waals surface area contributed by atoms with Gasteiger partial charge in [0, 0.05) is 40.9 Å². The molecule has 1 aliphatic carbocycles. The van der Waals surface area contributed by atoms with Crippen LogP contribution in [-0.2, 0) is 11.2 Å². The van der Waals surface area contributed by atoms with Gasteiger partial charge in [-0.1, -0.05) is 6.07 Å². The number of nitro benzene ring substituents is 1. The number of nitro groups is 1. The van der Waals surface area contributed by atoms with E-state index in [-0.39, 0.29) is 17.0 Å². The number of nitrogens with zero attached hydrogens (tertiary/aromatic N) is 2. The van der Waals surface area contributed by atoms with Crippen molar-refractivity contribution in [3.8, 4) is 0 Å². The number of ether oxygens (including phenoxy) is 1. The van der Waals surface area contributed by atoms with Crippen LogP contribution in [0, 0.1) is 17.0 Å². The highest BCUT2D eigenvalue weighted by molar-refractivity contribution is 6.09. The summed E-state index contributed by atoms with van der Waals surface area (Å²) in [7, 11) is 1.29. The van der Waals surface area contributed by atoms with Gasteiger partial charge < -0.3 is 14.5 Å². The van der Waals surface area contributed by atoms with Crippen LogP contribution < -0.4 is 10.7 Å². The van der Waals surface area contributed by atoms with Gasteiger partial charge in [-0.15, -0.1) is 0 Å². The molecule has 11 heteroatoms. The van der Waals surface area contributed by atoms with E-state index in [9.17, 15) is 24.5 Å². The summed E-state index contributed by atoms with van der Waals surface area (Å²) in [6, 6.07) is 11.6. The molecule has 1 heterocycles. The number of hydrazone groups is 1. The summed E-state index contributed by atoms with van der Waals surface area (Å²) >= 11 is 0. The molecule has 2 N–H and O–H groups in total. The highest BCUT2D eigenvalue weighted by Gasteiger charge is 2.28. The number of nitrogens with one attached hydrogen (secondary N) is 2. The van der Waals surface area contributed by atoms with Crippen molar-refractivity contribution < 1.29 is 28.5 Å². The third kappa shape index (κ3) is 4.99. The molecule has 36 heavy (non-hydrogen) atoms. The summed E-state index contributed by atoms with van der Waals surface area (Å²) < 4.78 is 10.5. The number of carbonyl (C=O) groups is 3. The molecule has 0 atom stereocenters. The van der Waals surface area contributed by atoms with Crippen LogP contribution in [0.15, 0.2) is 58.0 Å². The topological polar surface area (TPSA) is 153 Å². The summed E-state index contributed by atoms with van der Waals surface area (Å²) in [4.78, 5) is 47.4. The maximum Gasteiger partial charge on any atom is 0.337 e. The van der Waals surface area contributed by atoms with E-state index in [1.807, 2.05) is 0 Å². The predicted octanol–water partition coefficient (Wildman–Crippen LogP) is 4.01. The van der Waals surface area contributed by atoms with E-state index in [2.05, 4.69) is 20.6 Å². The largest absolute Gasteiger partial charge is 0.465 e. The number of methoxy groups -OCH3 is 1. The Labute approximate surface area is 205 Å². The van der Waals surface area contributed by atoms with Gasteiger partial charge in [0.1, 0.15) is 5.76 Å². The first kappa shape index (κ1) is 24.3. The van der Waals surface area contributed by atoms with Crippen molar-refractivity contribution in [2.24, 2.45) is 5.10 Å². The lowest BCUT2D eigenvalue weighted by atomic mass is 9.93. The molecule has 0 saturated carbocycles. The molecular weight excluding hydrogens is 468 g/mol. The highest BCUT2D eigenvalue weighted by Crippen LogP contribution is 2.30. The van der Waals surface area contributed by atoms with E-state index >= 15 is 0 Å². The van der Waals surface area contributed by atoms with Gasteiger partial charge in [0.15, 0.2) is 5.76 Å². The molecule has 4 rings (SSSR count). The molecule has 0 unspecified atom stereocenters. The molecule has 2 amide bonds. The molecule has 0 fully saturated rings. The van der Waals surface area contributed by atoms with Crippen LogP contribution in [0.25, 0.3) is 0 Å². The van der Waals surface area contributed by atoms with Crippen LogP contribution in [0.4, 0.5) is 11.4 Å². The lowest BCUT2D eigenvalue weighted by Crippen LogP contribution is -2.22. The first-order valence-electron chi connectivity index (χ1n) is 11.0. The average molecular weight is 490 g/mol. The van der Waals surface area contributed by atoms with E-state index in [0.717, 1.165) is 0 Å². The number of amides is 2. The molecule has 11 nitrogen and oxygen atoms in total. The Kier molecular flexibility index (Phi) is 6.91. The SMILES string of the molecule is COC(=O)c1ccc(NC(=O)c2oc3c(c2C)/C(=N/NC(=O)c2cccc([N+](=O)[O-])c2)CCC3)cc1. The zero-order chi connectivity index (χ0) is 25.8. The van der Waals surface area contributed by atoms with Gasteiger partial charge in [0.05, 0.1) is 23.3 Å². The summed E-state index contributed by atoms with van der Waals surface area (Å²) in [5.41, 5.74) is 4.97. The Morgan fingerprint density at radius 2 is 1.81 bits per heavy atom. The fraction of sp³-hybridized carbons (Fsp3) is 0.200. The second kappa shape index (κ2) is 10.2. The van der Waals surface area contributed by atoms with Crippen LogP contribution in [-0.4, -0.2) is 35.5 Å². The van der Waals surface area contributed by atoms with E-state index in [1.54, 1.807) is 19.1 Å². The van der Waals surface area contributed by atoms with Crippen molar-refractivity contribution in [2.75, 3.05) is 12.4 Å². The Morgan fingerprint density at radius 3 is 2.50 bits per heavy atom. The fourth-order valence-electron chi connectivity index (χ4n) is 3.94. The molecule has 1 aromatic heterocycles. The number of aryl methyl sites for hydroxylation is 1. The number of hydrogen-bond acceptors (Lipinski definition) is 8. The van der Waals surface area contributed by atoms with Gasteiger partial charge in [-0.2, -0.15) is 5.10 Å². The van der Waals surface area contributed by atoms with E-state index in [1.165, 1.54) is 43.5 Å². The number of furan rings is 1. The summed E-state index contributed by atoms with van der Waals surface area (Å²) in [5.74, 6) is -0.822. The second-order valence-electron chi connectivity index (χ2n) is 8.04. The number of benzene rings is 2. The molecule has 0 radical (unpaired) electrons. The van der Waals surface area contributed by atoms with Crippen molar-refractivity contribution in [1.29, 1.82) is 0 Å². The molecule has 184 valence electrons. The van der Waals surface area contributed by atoms with Crippen LogP contribution in [0.3, 0.4) is 0 Å². The fourth-order valence-corrected chi connectivity index (χ4v) is 3.94. The Bertz CT molecular complexity index is 1390. The third-order valence-corrected chi connectivity index (χ3v) is 5.71. The third-order valence-electron chi connectivity index (χ3n) is 5.71. The van der Waals surface area contributed by atoms with Crippen molar-refractivity contribution >= 4 is 34.9 Å². The van der Waals surface area contributed by atoms with Crippen LogP contribution in [0.2, 0.25) is 0 Å². The molecular formula is C25H22N4O7. The first-order chi connectivity index (χ1) is 17.3. The maximum atomic E-state index is 12.9. The van der Waals surface area contributed by atoms with Crippen molar-refractivity contribution in [1.82, 2.24) is 5.43 Å². The Balaban J connectivity index is 1.52. The van der Waals surface area contributed by atoms with Crippen molar-refractivity contribution in [2.45, 2.75) is 26.2 Å². The van der Waals surface area contributed by atoms with Gasteiger partial charge in [-0.25, -0.2) is 10.2 Å². The lowest BCUT2D eigenvalue weighted by molar-refractivity contribution is -0.384. The average Bonchev–Trinajstić information content (AvgIpc) is 3.24. The minimum atomic E-state index is -0.590. The van der Waals surface area contributed by atoms with Crippen molar-refractivity contribution in [3.63, 3.8) is 0 Å². The molecule has 2 aromatic carbocycles. The number of esters is 1. The number of hydrogen-bond donors (Lipinski definition) is 2. The minimum absolute atomic E-state index is 0.104. The van der Waals surface area contributed by atoms with Gasteiger partial charge >= 0.3 is 5.97 Å². The Morgan fingerprint density at radius 1 is 1.06 bits per heavy atom. The Hall–Kier alpha value is -4.80. The number of rotatable bonds is 6. The van der Waals surface area contributed by atoms with Crippen LogP contribution in [0.5, 0.6) is 0 Å². The monoisotopic (exact) mass is 490 g/mol. The summed E-state index contributed by atoms with van der Waals surface area (Å²) in [5, 5.41) is 18.0. The quantitative estimate of drug-likeness (QED) is 0.301. The van der Waals surface area contributed by atoms with Gasteiger partial charge in [-0.05, 0) is 50.1 Å². The number of anilines is 1. The number of carbonyl (C=O) groups excluding carboxylic acids is 3. The van der Waals surface area contributed by atoms with Crippen LogP contribution in [0.1, 0.15) is 61.0 Å². The number of non-ortho nitro benzene ring substituents is 1. The molecule has 0 bridgehead atoms. The molecule has 0 spiro atoms. The summed E-state index contributed by atoms with van der Waals surface area (Å²) in [6.07, 6.45) is 1.87. The lowest BCUT2D eigenvalue weighted by Gasteiger charge is -2.13. The summed E-state index contributed by atoms with van der Waals surface area (Å²) in [6.45, 7) is 1.74. The standard InChI is InChI=1S/C25H22N4O7/c1-14-21-19(27-28-23(30)16-5-3-6-18(13-16)29(33)34)7-4-8-20(21)36-22(14)24(31)26-17-11-9-15(10-12-17)25(32)35-2/h3,5-6,9-13H,4,7-8H2,1-2H3,(H,26,31)(H,28,30)/b27-19+. The zero-order valence-corrected chi connectivity index (χ0v) is 19.5. The number of fused-ring (bicyclic) bond motifs is 1. The first-order valence-corrected chi connectivity index (χ1v) is 11.0. The van der Waals surface area contributed by atoms with Gasteiger partial charge in [0.25, 0.3) is 17.5 Å². The molecule has 3 aromatic rings. The molecule has 0 saturated heterocycles. The second-order valence-corrected chi connectivity index (χ2v) is 8.04. The van der Waals surface area contributed by atoms with E-state index < -0.39 is 22.7 Å². The highest BCUT2D eigenvalue weighted by atomic mass is 16.6. The molecule has 0 aliphatic heterocycles. The van der Waals surface area contributed by atoms with Gasteiger partial charge in [-0.3, -0.25) is 19.7 Å². The van der Waals surface area contributed by atoms with Crippen molar-refractivity contribution in [3.05, 3.63) is 92.4 Å². The predicted molar refractivity (Wildman–Crippen MR) is 129 cm³/mol. The normalized spacial score (nSPS) is 13.6. The van der Waals surface area contributed by atoms with E-state index in [0.29, 0.717) is 53.1 Å². The minimum Gasteiger partial charge on any atom is -0.465 e. The van der Waals surface area contributed by atoms with E-state index in [4.69, 9.17) is 4.42 Å². The smallest absolute Gasteiger partial charge is 0.337 e. The maximum absolute atomic E-state index is 12.9. The molecule has 1 aliphatic rings. The van der Waals surface area contributed by atoms with Gasteiger partial charge in [0.2, 0.25) is 0 Å².